The molecule has 1 saturated heterocycles. The largest absolute Gasteiger partial charge is 0.307 e. The highest BCUT2D eigenvalue weighted by molar-refractivity contribution is 7.20. The van der Waals surface area contributed by atoms with Crippen LogP contribution in [0, 0.1) is 0 Å². The molecule has 1 aliphatic rings. The molecule has 1 aliphatic heterocycles. The highest BCUT2D eigenvalue weighted by atomic mass is 35.5. The zero-order valence-electron chi connectivity index (χ0n) is 12.7. The summed E-state index contributed by atoms with van der Waals surface area (Å²) >= 11 is 13.7. The predicted molar refractivity (Wildman–Crippen MR) is 90.2 cm³/mol. The standard InChI is InChI=1S/C15H24Cl2N2S/c1-10(12-9-13(16)20-14(12)17)18-11-5-7-19(8-6-11)15(2,3)4/h9-11,18H,5-8H2,1-4H3. The Labute approximate surface area is 136 Å². The molecular formula is C15H24Cl2N2S. The smallest absolute Gasteiger partial charge is 0.0991 e. The quantitative estimate of drug-likeness (QED) is 0.839. The highest BCUT2D eigenvalue weighted by Gasteiger charge is 2.27. The van der Waals surface area contributed by atoms with Gasteiger partial charge in [0, 0.05) is 30.7 Å². The van der Waals surface area contributed by atoms with E-state index >= 15 is 0 Å². The molecule has 0 aliphatic carbocycles. The van der Waals surface area contributed by atoms with Crippen LogP contribution in [0.1, 0.15) is 52.1 Å². The van der Waals surface area contributed by atoms with Gasteiger partial charge in [-0.05, 0) is 52.2 Å². The Morgan fingerprint density at radius 1 is 1.30 bits per heavy atom. The molecule has 0 radical (unpaired) electrons. The number of nitrogens with zero attached hydrogens (tertiary/aromatic N) is 1. The third kappa shape index (κ3) is 4.11. The normalized spacial score (nSPS) is 20.3. The van der Waals surface area contributed by atoms with Gasteiger partial charge in [-0.15, -0.1) is 11.3 Å². The van der Waals surface area contributed by atoms with Gasteiger partial charge in [-0.25, -0.2) is 0 Å². The molecule has 5 heteroatoms. The molecule has 1 aromatic rings. The summed E-state index contributed by atoms with van der Waals surface area (Å²) in [6.45, 7) is 11.3. The third-order valence-corrected chi connectivity index (χ3v) is 5.60. The van der Waals surface area contributed by atoms with E-state index in [4.69, 9.17) is 23.2 Å². The number of hydrogen-bond donors (Lipinski definition) is 1. The number of nitrogens with one attached hydrogen (secondary N) is 1. The van der Waals surface area contributed by atoms with Crippen LogP contribution in [0.5, 0.6) is 0 Å². The zero-order valence-corrected chi connectivity index (χ0v) is 15.0. The first kappa shape index (κ1) is 16.6. The molecule has 0 bridgehead atoms. The SMILES string of the molecule is CC(NC1CCN(C(C)(C)C)CC1)c1cc(Cl)sc1Cl. The summed E-state index contributed by atoms with van der Waals surface area (Å²) in [4.78, 5) is 2.56. The summed E-state index contributed by atoms with van der Waals surface area (Å²) in [7, 11) is 0. The second-order valence-corrected chi connectivity index (χ2v) is 8.89. The maximum atomic E-state index is 6.23. The molecule has 1 atom stereocenters. The van der Waals surface area contributed by atoms with Crippen LogP contribution in [-0.4, -0.2) is 29.6 Å². The second kappa shape index (κ2) is 6.53. The van der Waals surface area contributed by atoms with E-state index < -0.39 is 0 Å². The molecule has 2 nitrogen and oxygen atoms in total. The molecule has 20 heavy (non-hydrogen) atoms. The number of hydrogen-bond acceptors (Lipinski definition) is 3. The van der Waals surface area contributed by atoms with E-state index in [-0.39, 0.29) is 11.6 Å². The summed E-state index contributed by atoms with van der Waals surface area (Å²) in [5.74, 6) is 0. The van der Waals surface area contributed by atoms with Crippen molar-refractivity contribution in [3.05, 3.63) is 20.3 Å². The lowest BCUT2D eigenvalue weighted by Gasteiger charge is -2.41. The van der Waals surface area contributed by atoms with Gasteiger partial charge in [0.1, 0.15) is 0 Å². The molecular weight excluding hydrogens is 311 g/mol. The minimum absolute atomic E-state index is 0.262. The zero-order chi connectivity index (χ0) is 14.9. The van der Waals surface area contributed by atoms with Crippen molar-refractivity contribution in [3.63, 3.8) is 0 Å². The molecule has 0 spiro atoms. The van der Waals surface area contributed by atoms with Gasteiger partial charge in [-0.2, -0.15) is 0 Å². The van der Waals surface area contributed by atoms with Gasteiger partial charge in [0.05, 0.1) is 8.67 Å². The van der Waals surface area contributed by atoms with E-state index in [1.165, 1.54) is 24.2 Å². The van der Waals surface area contributed by atoms with Crippen LogP contribution in [-0.2, 0) is 0 Å². The van der Waals surface area contributed by atoms with Crippen molar-refractivity contribution >= 4 is 34.5 Å². The topological polar surface area (TPSA) is 15.3 Å². The molecule has 0 amide bonds. The summed E-state index contributed by atoms with van der Waals surface area (Å²) < 4.78 is 1.57. The van der Waals surface area contributed by atoms with Crippen LogP contribution in [0.3, 0.4) is 0 Å². The lowest BCUT2D eigenvalue weighted by molar-refractivity contribution is 0.0942. The van der Waals surface area contributed by atoms with Crippen LogP contribution >= 0.6 is 34.5 Å². The summed E-state index contributed by atoms with van der Waals surface area (Å²) in [6, 6.07) is 2.81. The number of rotatable bonds is 3. The molecule has 2 heterocycles. The first-order valence-corrected chi connectivity index (χ1v) is 8.80. The van der Waals surface area contributed by atoms with Crippen molar-refractivity contribution < 1.29 is 0 Å². The molecule has 1 aromatic heterocycles. The van der Waals surface area contributed by atoms with Crippen molar-refractivity contribution in [2.24, 2.45) is 0 Å². The van der Waals surface area contributed by atoms with E-state index in [1.54, 1.807) is 0 Å². The Kier molecular flexibility index (Phi) is 5.41. The maximum Gasteiger partial charge on any atom is 0.0991 e. The lowest BCUT2D eigenvalue weighted by Crippen LogP contribution is -2.50. The van der Waals surface area contributed by atoms with Gasteiger partial charge in [0.15, 0.2) is 0 Å². The molecule has 1 unspecified atom stereocenters. The van der Waals surface area contributed by atoms with Crippen LogP contribution in [0.15, 0.2) is 6.07 Å². The Balaban J connectivity index is 1.88. The number of likely N-dealkylation sites (tertiary alicyclic amines) is 1. The molecule has 1 N–H and O–H groups in total. The molecule has 0 saturated carbocycles. The highest BCUT2D eigenvalue weighted by Crippen LogP contribution is 2.35. The van der Waals surface area contributed by atoms with E-state index in [1.807, 2.05) is 6.07 Å². The fourth-order valence-corrected chi connectivity index (χ4v) is 4.45. The second-order valence-electron chi connectivity index (χ2n) is 6.60. The van der Waals surface area contributed by atoms with E-state index in [2.05, 4.69) is 37.9 Å². The Bertz CT molecular complexity index is 445. The minimum atomic E-state index is 0.262. The van der Waals surface area contributed by atoms with Gasteiger partial charge >= 0.3 is 0 Å². The lowest BCUT2D eigenvalue weighted by atomic mass is 9.97. The van der Waals surface area contributed by atoms with Crippen molar-refractivity contribution in [1.29, 1.82) is 0 Å². The third-order valence-electron chi connectivity index (χ3n) is 4.08. The summed E-state index contributed by atoms with van der Waals surface area (Å²) in [5.41, 5.74) is 1.40. The molecule has 0 aromatic carbocycles. The average molecular weight is 335 g/mol. The Hall–Kier alpha value is 0.200. The number of halogens is 2. The van der Waals surface area contributed by atoms with Gasteiger partial charge in [0.25, 0.3) is 0 Å². The maximum absolute atomic E-state index is 6.23. The molecule has 2 rings (SSSR count). The van der Waals surface area contributed by atoms with Crippen molar-refractivity contribution in [2.45, 2.75) is 58.2 Å². The van der Waals surface area contributed by atoms with Gasteiger partial charge in [-0.3, -0.25) is 4.90 Å². The Morgan fingerprint density at radius 3 is 2.35 bits per heavy atom. The minimum Gasteiger partial charge on any atom is -0.307 e. The van der Waals surface area contributed by atoms with Crippen LogP contribution in [0.25, 0.3) is 0 Å². The first-order valence-electron chi connectivity index (χ1n) is 7.23. The summed E-state index contributed by atoms with van der Waals surface area (Å²) in [5, 5.41) is 3.70. The summed E-state index contributed by atoms with van der Waals surface area (Å²) in [6.07, 6.45) is 2.38. The molecule has 114 valence electrons. The Morgan fingerprint density at radius 2 is 1.90 bits per heavy atom. The van der Waals surface area contributed by atoms with Crippen molar-refractivity contribution in [3.8, 4) is 0 Å². The van der Waals surface area contributed by atoms with Crippen molar-refractivity contribution in [1.82, 2.24) is 10.2 Å². The van der Waals surface area contributed by atoms with Crippen LogP contribution in [0.4, 0.5) is 0 Å². The van der Waals surface area contributed by atoms with E-state index in [0.29, 0.717) is 6.04 Å². The van der Waals surface area contributed by atoms with Crippen LogP contribution in [0.2, 0.25) is 8.67 Å². The van der Waals surface area contributed by atoms with Crippen LogP contribution < -0.4 is 5.32 Å². The van der Waals surface area contributed by atoms with Gasteiger partial charge in [-0.1, -0.05) is 23.2 Å². The fourth-order valence-electron chi connectivity index (χ4n) is 2.81. The average Bonchev–Trinajstić information content (AvgIpc) is 2.68. The fraction of sp³-hybridized carbons (Fsp3) is 0.733. The van der Waals surface area contributed by atoms with E-state index in [0.717, 1.165) is 27.3 Å². The first-order chi connectivity index (χ1) is 9.27. The predicted octanol–water partition coefficient (Wildman–Crippen LogP) is 4.97. The van der Waals surface area contributed by atoms with Gasteiger partial charge < -0.3 is 5.32 Å². The van der Waals surface area contributed by atoms with Gasteiger partial charge in [0.2, 0.25) is 0 Å². The number of thiophene rings is 1. The van der Waals surface area contributed by atoms with Crippen molar-refractivity contribution in [2.75, 3.05) is 13.1 Å². The van der Waals surface area contributed by atoms with E-state index in [9.17, 15) is 0 Å². The monoisotopic (exact) mass is 334 g/mol. The number of piperidine rings is 1. The molecule has 1 fully saturated rings.